The Bertz CT molecular complexity index is 615. The van der Waals surface area contributed by atoms with E-state index in [4.69, 9.17) is 4.74 Å². The number of carbonyl (C=O) groups is 2. The molecule has 0 radical (unpaired) electrons. The van der Waals surface area contributed by atoms with E-state index in [1.54, 1.807) is 0 Å². The minimum absolute atomic E-state index is 0.0916. The smallest absolute Gasteiger partial charge is 0.251 e. The van der Waals surface area contributed by atoms with Crippen LogP contribution in [-0.4, -0.2) is 60.5 Å². The van der Waals surface area contributed by atoms with Crippen LogP contribution in [0.15, 0.2) is 18.2 Å². The Labute approximate surface area is 143 Å². The van der Waals surface area contributed by atoms with Gasteiger partial charge in [-0.1, -0.05) is 23.8 Å². The molecule has 130 valence electrons. The first kappa shape index (κ1) is 17.0. The van der Waals surface area contributed by atoms with Gasteiger partial charge in [0.1, 0.15) is 6.10 Å². The number of nitrogens with zero attached hydrogens (tertiary/aromatic N) is 2. The van der Waals surface area contributed by atoms with E-state index in [1.165, 1.54) is 5.56 Å². The zero-order valence-corrected chi connectivity index (χ0v) is 14.6. The third-order valence-corrected chi connectivity index (χ3v) is 4.99. The average molecular weight is 330 g/mol. The number of amides is 2. The maximum atomic E-state index is 12.5. The van der Waals surface area contributed by atoms with Crippen molar-refractivity contribution >= 4 is 11.8 Å². The van der Waals surface area contributed by atoms with Gasteiger partial charge in [0.25, 0.3) is 5.91 Å². The molecule has 5 nitrogen and oxygen atoms in total. The summed E-state index contributed by atoms with van der Waals surface area (Å²) in [6.45, 7) is 7.24. The van der Waals surface area contributed by atoms with Crippen LogP contribution in [-0.2, 0) is 20.7 Å². The van der Waals surface area contributed by atoms with Crippen LogP contribution in [0, 0.1) is 13.8 Å². The van der Waals surface area contributed by atoms with E-state index < -0.39 is 0 Å². The molecule has 3 rings (SSSR count). The standard InChI is InChI=1S/C19H26N2O3/c1-14-5-6-16(15(2)12-14)13-18(22)20-7-9-21(10-8-20)19(23)17-4-3-11-24-17/h5-6,12,17H,3-4,7-11,13H2,1-2H3. The van der Waals surface area contributed by atoms with Crippen LogP contribution in [0.4, 0.5) is 0 Å². The van der Waals surface area contributed by atoms with E-state index in [1.807, 2.05) is 28.9 Å². The molecule has 1 aromatic rings. The summed E-state index contributed by atoms with van der Waals surface area (Å²) in [4.78, 5) is 28.6. The summed E-state index contributed by atoms with van der Waals surface area (Å²) >= 11 is 0. The van der Waals surface area contributed by atoms with Crippen molar-refractivity contribution in [2.45, 2.75) is 39.2 Å². The molecule has 2 saturated heterocycles. The minimum atomic E-state index is -0.262. The van der Waals surface area contributed by atoms with Gasteiger partial charge < -0.3 is 14.5 Å². The fraction of sp³-hybridized carbons (Fsp3) is 0.579. The highest BCUT2D eigenvalue weighted by Crippen LogP contribution is 2.17. The summed E-state index contributed by atoms with van der Waals surface area (Å²) in [5, 5.41) is 0. The summed E-state index contributed by atoms with van der Waals surface area (Å²) in [5.41, 5.74) is 3.46. The molecule has 0 bridgehead atoms. The molecule has 2 aliphatic heterocycles. The second kappa shape index (κ2) is 7.34. The van der Waals surface area contributed by atoms with Crippen LogP contribution in [0.5, 0.6) is 0 Å². The Morgan fingerprint density at radius 1 is 1.12 bits per heavy atom. The second-order valence-corrected chi connectivity index (χ2v) is 6.81. The molecule has 2 amide bonds. The fourth-order valence-corrected chi connectivity index (χ4v) is 3.47. The van der Waals surface area contributed by atoms with Crippen LogP contribution in [0.25, 0.3) is 0 Å². The molecule has 1 atom stereocenters. The molecule has 0 aromatic heterocycles. The first-order chi connectivity index (χ1) is 11.5. The van der Waals surface area contributed by atoms with E-state index >= 15 is 0 Å². The van der Waals surface area contributed by atoms with Crippen molar-refractivity contribution in [2.75, 3.05) is 32.8 Å². The molecule has 2 heterocycles. The quantitative estimate of drug-likeness (QED) is 0.847. The number of hydrogen-bond acceptors (Lipinski definition) is 3. The molecule has 24 heavy (non-hydrogen) atoms. The van der Waals surface area contributed by atoms with Gasteiger partial charge in [0.2, 0.25) is 5.91 Å². The second-order valence-electron chi connectivity index (χ2n) is 6.81. The molecule has 0 aliphatic carbocycles. The number of hydrogen-bond donors (Lipinski definition) is 0. The zero-order valence-electron chi connectivity index (χ0n) is 14.6. The fourth-order valence-electron chi connectivity index (χ4n) is 3.47. The van der Waals surface area contributed by atoms with Crippen molar-refractivity contribution in [1.82, 2.24) is 9.80 Å². The topological polar surface area (TPSA) is 49.9 Å². The van der Waals surface area contributed by atoms with E-state index in [0.717, 1.165) is 24.0 Å². The van der Waals surface area contributed by atoms with Gasteiger partial charge in [0.15, 0.2) is 0 Å². The van der Waals surface area contributed by atoms with Gasteiger partial charge >= 0.3 is 0 Å². The number of carbonyl (C=O) groups excluding carboxylic acids is 2. The van der Waals surface area contributed by atoms with E-state index in [2.05, 4.69) is 13.0 Å². The van der Waals surface area contributed by atoms with Crippen LogP contribution >= 0.6 is 0 Å². The largest absolute Gasteiger partial charge is 0.368 e. The Kier molecular flexibility index (Phi) is 5.19. The van der Waals surface area contributed by atoms with Gasteiger partial charge in [-0.05, 0) is 37.8 Å². The minimum Gasteiger partial charge on any atom is -0.368 e. The lowest BCUT2D eigenvalue weighted by atomic mass is 10.0. The van der Waals surface area contributed by atoms with Crippen LogP contribution < -0.4 is 0 Å². The van der Waals surface area contributed by atoms with E-state index in [9.17, 15) is 9.59 Å². The van der Waals surface area contributed by atoms with Crippen LogP contribution in [0.3, 0.4) is 0 Å². The highest BCUT2D eigenvalue weighted by molar-refractivity contribution is 5.82. The van der Waals surface area contributed by atoms with Crippen molar-refractivity contribution in [3.05, 3.63) is 34.9 Å². The summed E-state index contributed by atoms with van der Waals surface area (Å²) in [6.07, 6.45) is 1.96. The summed E-state index contributed by atoms with van der Waals surface area (Å²) in [7, 11) is 0. The summed E-state index contributed by atoms with van der Waals surface area (Å²) < 4.78 is 5.47. The molecular formula is C19H26N2O3. The van der Waals surface area contributed by atoms with Crippen molar-refractivity contribution < 1.29 is 14.3 Å². The molecule has 1 aromatic carbocycles. The summed E-state index contributed by atoms with van der Waals surface area (Å²) in [5.74, 6) is 0.236. The van der Waals surface area contributed by atoms with Crippen molar-refractivity contribution in [3.8, 4) is 0 Å². The van der Waals surface area contributed by atoms with E-state index in [0.29, 0.717) is 39.2 Å². The predicted molar refractivity (Wildman–Crippen MR) is 91.8 cm³/mol. The third-order valence-electron chi connectivity index (χ3n) is 4.99. The highest BCUT2D eigenvalue weighted by Gasteiger charge is 2.31. The van der Waals surface area contributed by atoms with Gasteiger partial charge in [0, 0.05) is 32.8 Å². The average Bonchev–Trinajstić information content (AvgIpc) is 3.11. The van der Waals surface area contributed by atoms with Gasteiger partial charge in [-0.25, -0.2) is 0 Å². The van der Waals surface area contributed by atoms with Gasteiger partial charge in [-0.3, -0.25) is 9.59 Å². The molecule has 0 saturated carbocycles. The monoisotopic (exact) mass is 330 g/mol. The van der Waals surface area contributed by atoms with Crippen molar-refractivity contribution in [2.24, 2.45) is 0 Å². The number of aryl methyl sites for hydroxylation is 2. The number of rotatable bonds is 3. The molecule has 0 spiro atoms. The van der Waals surface area contributed by atoms with E-state index in [-0.39, 0.29) is 17.9 Å². The molecule has 2 fully saturated rings. The molecule has 0 N–H and O–H groups in total. The van der Waals surface area contributed by atoms with Gasteiger partial charge in [-0.2, -0.15) is 0 Å². The first-order valence-corrected chi connectivity index (χ1v) is 8.79. The normalized spacial score (nSPS) is 21.2. The molecule has 1 unspecified atom stereocenters. The lowest BCUT2D eigenvalue weighted by Crippen LogP contribution is -2.53. The number of piperazine rings is 1. The highest BCUT2D eigenvalue weighted by atomic mass is 16.5. The van der Waals surface area contributed by atoms with Crippen molar-refractivity contribution in [1.29, 1.82) is 0 Å². The first-order valence-electron chi connectivity index (χ1n) is 8.79. The Morgan fingerprint density at radius 2 is 1.83 bits per heavy atom. The van der Waals surface area contributed by atoms with Gasteiger partial charge in [0.05, 0.1) is 6.42 Å². The van der Waals surface area contributed by atoms with Gasteiger partial charge in [-0.15, -0.1) is 0 Å². The number of benzene rings is 1. The van der Waals surface area contributed by atoms with Crippen molar-refractivity contribution in [3.63, 3.8) is 0 Å². The maximum Gasteiger partial charge on any atom is 0.251 e. The molecule has 2 aliphatic rings. The Morgan fingerprint density at radius 3 is 2.46 bits per heavy atom. The Balaban J connectivity index is 1.52. The van der Waals surface area contributed by atoms with Crippen LogP contribution in [0.1, 0.15) is 29.5 Å². The lowest BCUT2D eigenvalue weighted by Gasteiger charge is -2.36. The summed E-state index contributed by atoms with van der Waals surface area (Å²) in [6, 6.07) is 6.20. The molecular weight excluding hydrogens is 304 g/mol. The number of ether oxygens (including phenoxy) is 1. The van der Waals surface area contributed by atoms with Crippen LogP contribution in [0.2, 0.25) is 0 Å². The Hall–Kier alpha value is -1.88. The lowest BCUT2D eigenvalue weighted by molar-refractivity contribution is -0.145. The third kappa shape index (κ3) is 3.78. The molecule has 5 heteroatoms. The predicted octanol–water partition coefficient (Wildman–Crippen LogP) is 1.70. The zero-order chi connectivity index (χ0) is 17.1. The SMILES string of the molecule is Cc1ccc(CC(=O)N2CCN(C(=O)C3CCCO3)CC2)c(C)c1. The maximum absolute atomic E-state index is 12.5.